The molecule has 0 aromatic carbocycles. The molecule has 0 aromatic heterocycles. The summed E-state index contributed by atoms with van der Waals surface area (Å²) in [6, 6.07) is 0. The minimum atomic E-state index is -1.88. The maximum Gasteiger partial charge on any atom is 0.333 e. The van der Waals surface area contributed by atoms with Crippen LogP contribution in [-0.4, -0.2) is 223 Å². The highest BCUT2D eigenvalue weighted by atomic mass is 16.7. The second kappa shape index (κ2) is 36.3. The number of esters is 2. The minimum absolute atomic E-state index is 0.118. The molecule has 0 saturated carbocycles. The summed E-state index contributed by atoms with van der Waals surface area (Å²) in [5, 5.41) is 175. The lowest BCUT2D eigenvalue weighted by Crippen LogP contribution is -2.60. The molecule has 0 aliphatic carbocycles. The van der Waals surface area contributed by atoms with Gasteiger partial charge in [0.1, 0.15) is 42.7 Å². The van der Waals surface area contributed by atoms with E-state index < -0.39 is 183 Å². The van der Waals surface area contributed by atoms with Crippen LogP contribution in [0, 0.1) is 41.4 Å². The van der Waals surface area contributed by atoms with Crippen molar-refractivity contribution in [2.24, 2.45) is 41.4 Å². The van der Waals surface area contributed by atoms with Crippen molar-refractivity contribution in [3.63, 3.8) is 0 Å². The molecule has 3 aliphatic rings. The smallest absolute Gasteiger partial charge is 0.333 e. The number of carbonyl (C=O) groups excluding carboxylic acids is 2. The maximum atomic E-state index is 13.5. The largest absolute Gasteiger partial charge is 0.462 e. The van der Waals surface area contributed by atoms with E-state index in [1.807, 2.05) is 13.0 Å². The van der Waals surface area contributed by atoms with Crippen LogP contribution >= 0.6 is 0 Å². The average Bonchev–Trinajstić information content (AvgIpc) is 4.00. The van der Waals surface area contributed by atoms with Crippen LogP contribution in [0.2, 0.25) is 0 Å². The molecule has 3 aliphatic heterocycles. The minimum Gasteiger partial charge on any atom is -0.462 e. The van der Waals surface area contributed by atoms with E-state index in [4.69, 9.17) is 18.9 Å². The van der Waals surface area contributed by atoms with Gasteiger partial charge in [0.05, 0.1) is 79.9 Å². The number of ether oxygens (including phenoxy) is 4. The van der Waals surface area contributed by atoms with E-state index in [9.17, 15) is 91.3 Å². The summed E-state index contributed by atoms with van der Waals surface area (Å²) in [5.41, 5.74) is 0.540. The van der Waals surface area contributed by atoms with Gasteiger partial charge in [-0.2, -0.15) is 0 Å². The van der Waals surface area contributed by atoms with Gasteiger partial charge in [-0.15, -0.1) is 0 Å². The molecule has 0 spiro atoms. The topological polar surface area (TPSA) is 395 Å². The zero-order valence-corrected chi connectivity index (χ0v) is 50.0. The highest BCUT2D eigenvalue weighted by Crippen LogP contribution is 2.31. The molecule has 480 valence electrons. The molecule has 27 atom stereocenters. The van der Waals surface area contributed by atoms with Crippen molar-refractivity contribution >= 4 is 11.9 Å². The number of hydrogen-bond acceptors (Lipinski definition) is 22. The normalized spacial score (nSPS) is 43.1. The predicted octanol–water partition coefficient (Wildman–Crippen LogP) is 1.05. The fraction of sp³-hybridized carbons (Fsp3) is 0.803. The van der Waals surface area contributed by atoms with Crippen LogP contribution in [0.1, 0.15) is 139 Å². The Morgan fingerprint density at radius 1 is 0.578 bits per heavy atom. The Kier molecular flexibility index (Phi) is 32.4. The summed E-state index contributed by atoms with van der Waals surface area (Å²) in [5.74, 6) is -5.08. The van der Waals surface area contributed by atoms with Crippen LogP contribution in [0.3, 0.4) is 0 Å². The van der Waals surface area contributed by atoms with E-state index in [0.717, 1.165) is 0 Å². The number of allylic oxidation sites excluding steroid dienone is 2. The van der Waals surface area contributed by atoms with Gasteiger partial charge >= 0.3 is 11.9 Å². The molecule has 16 N–H and O–H groups in total. The van der Waals surface area contributed by atoms with Crippen molar-refractivity contribution in [3.8, 4) is 0 Å². The van der Waals surface area contributed by atoms with Gasteiger partial charge in [0.25, 0.3) is 0 Å². The molecular formula is C61H104O22. The van der Waals surface area contributed by atoms with Crippen molar-refractivity contribution in [2.75, 3.05) is 6.61 Å². The molecule has 2 fully saturated rings. The summed E-state index contributed by atoms with van der Waals surface area (Å²) in [6.07, 6.45) is -13.0. The van der Waals surface area contributed by atoms with Crippen molar-refractivity contribution in [1.29, 1.82) is 0 Å². The lowest BCUT2D eigenvalue weighted by Gasteiger charge is -2.41. The summed E-state index contributed by atoms with van der Waals surface area (Å²) < 4.78 is 22.9. The number of aliphatic hydroxyl groups is 16. The third kappa shape index (κ3) is 23.9. The van der Waals surface area contributed by atoms with Gasteiger partial charge in [0, 0.05) is 66.8 Å². The standard InChI is InChI=1S/C61H104O22/c1-31-14-10-11-18-45(68)36(6)55(74)32(2)15-12-16-34(4)60(79)81-49(39(9)50-22-23-53(72)80-50)19-13-17-40(63)25-41(64)27-46(69)37(7)56(75)38(8)47(70)28-42(65)26-43(66)29-48(71)51(24-35(5)54(73)33(3)20-21-44(31)67)82-61-59(78)58(77)57(76)52(30-62)83-61/h10,13-14,16-17,20-21,24,31-33,36-52,54-59,61-71,73-78H,11-12,15,18-19,22-23,25-30H2,1-9H3/t31?,32?,33?,36?,37?,38?,39?,40?,41?,42?,43?,44?,45?,46?,47?,48?,49?,50?,51?,52-,54?,55?,56?,57-,58+,59+,61+/m1/s1. The highest BCUT2D eigenvalue weighted by molar-refractivity contribution is 5.87. The Bertz CT molecular complexity index is 2050. The second-order valence-electron chi connectivity index (χ2n) is 24.3. The Balaban J connectivity index is 1.88. The van der Waals surface area contributed by atoms with E-state index in [1.165, 1.54) is 39.0 Å². The van der Waals surface area contributed by atoms with Crippen LogP contribution in [0.25, 0.3) is 0 Å². The summed E-state index contributed by atoms with van der Waals surface area (Å²) in [4.78, 5) is 25.5. The molecule has 2 saturated heterocycles. The molecule has 0 radical (unpaired) electrons. The van der Waals surface area contributed by atoms with E-state index in [-0.39, 0.29) is 49.6 Å². The first-order valence-electron chi connectivity index (χ1n) is 29.8. The molecule has 0 amide bonds. The number of aliphatic hydroxyl groups excluding tert-OH is 16. The van der Waals surface area contributed by atoms with Crippen LogP contribution in [0.15, 0.2) is 59.8 Å². The number of carbonyl (C=O) groups is 2. The SMILES string of the molecule is CC1=CCCC(C)C(O)C(C)C(O)CCC=CC(C)C(O)C=CC(C)C(O)C(C)=CC(O[C@H]2O[C@H](CO)[C@@H](O)[C@H](O)[C@@H]2O)C(O)CC(O)CC(O)CC(O)C(C)C(O)C(C)C(O)CC(O)CC(O)C=CCC(C(C)C2CCC(=O)O2)OC1=O. The summed E-state index contributed by atoms with van der Waals surface area (Å²) >= 11 is 0. The van der Waals surface area contributed by atoms with Crippen LogP contribution in [0.5, 0.6) is 0 Å². The summed E-state index contributed by atoms with van der Waals surface area (Å²) in [7, 11) is 0. The van der Waals surface area contributed by atoms with Crippen LogP contribution in [-0.2, 0) is 28.5 Å². The fourth-order valence-electron chi connectivity index (χ4n) is 10.9. The lowest BCUT2D eigenvalue weighted by atomic mass is 9.82. The molecule has 22 nitrogen and oxygen atoms in total. The van der Waals surface area contributed by atoms with Crippen molar-refractivity contribution in [3.05, 3.63) is 59.8 Å². The van der Waals surface area contributed by atoms with E-state index in [2.05, 4.69) is 0 Å². The zero-order chi connectivity index (χ0) is 62.6. The quantitative estimate of drug-likeness (QED) is 0.135. The number of hydrogen-bond donors (Lipinski definition) is 16. The molecule has 83 heavy (non-hydrogen) atoms. The fourth-order valence-corrected chi connectivity index (χ4v) is 10.9. The second-order valence-corrected chi connectivity index (χ2v) is 24.3. The Hall–Kier alpha value is -3.08. The third-order valence-corrected chi connectivity index (χ3v) is 17.2. The molecular weight excluding hydrogens is 1080 g/mol. The Morgan fingerprint density at radius 2 is 1.17 bits per heavy atom. The van der Waals surface area contributed by atoms with Gasteiger partial charge in [0.2, 0.25) is 0 Å². The average molecular weight is 1190 g/mol. The van der Waals surface area contributed by atoms with Crippen LogP contribution in [0.4, 0.5) is 0 Å². The van der Waals surface area contributed by atoms with Gasteiger partial charge in [-0.1, -0.05) is 97.1 Å². The van der Waals surface area contributed by atoms with Crippen LogP contribution < -0.4 is 0 Å². The van der Waals surface area contributed by atoms with Crippen molar-refractivity contribution in [2.45, 2.75) is 262 Å². The highest BCUT2D eigenvalue weighted by Gasteiger charge is 2.46. The summed E-state index contributed by atoms with van der Waals surface area (Å²) in [6.45, 7) is 14.2. The number of cyclic esters (lactones) is 2. The van der Waals surface area contributed by atoms with Gasteiger partial charge in [-0.05, 0) is 76.7 Å². The molecule has 0 aromatic rings. The third-order valence-electron chi connectivity index (χ3n) is 17.2. The maximum absolute atomic E-state index is 13.5. The van der Waals surface area contributed by atoms with Gasteiger partial charge in [0.15, 0.2) is 6.29 Å². The first kappa shape index (κ1) is 74.2. The van der Waals surface area contributed by atoms with E-state index >= 15 is 0 Å². The monoisotopic (exact) mass is 1190 g/mol. The van der Waals surface area contributed by atoms with E-state index in [0.29, 0.717) is 37.7 Å². The molecule has 0 bridgehead atoms. The first-order valence-corrected chi connectivity index (χ1v) is 29.8. The van der Waals surface area contributed by atoms with Gasteiger partial charge in [-0.3, -0.25) is 4.79 Å². The molecule has 3 heterocycles. The first-order chi connectivity index (χ1) is 38.9. The molecule has 3 rings (SSSR count). The van der Waals surface area contributed by atoms with Crippen molar-refractivity contribution in [1.82, 2.24) is 0 Å². The zero-order valence-electron chi connectivity index (χ0n) is 50.0. The lowest BCUT2D eigenvalue weighted by molar-refractivity contribution is -0.313. The van der Waals surface area contributed by atoms with Gasteiger partial charge in [-0.25, -0.2) is 4.79 Å². The molecule has 22 unspecified atom stereocenters. The van der Waals surface area contributed by atoms with Gasteiger partial charge < -0.3 is 101 Å². The van der Waals surface area contributed by atoms with E-state index in [1.54, 1.807) is 58.9 Å². The molecule has 22 heteroatoms. The van der Waals surface area contributed by atoms with Crippen molar-refractivity contribution < 1.29 is 110 Å². The predicted molar refractivity (Wildman–Crippen MR) is 305 cm³/mol. The Morgan fingerprint density at radius 3 is 1.76 bits per heavy atom. The Labute approximate surface area is 490 Å². The number of rotatable bonds is 5.